The van der Waals surface area contributed by atoms with Gasteiger partial charge in [-0.05, 0) is 29.7 Å². The largest absolute Gasteiger partial charge is 0.355 e. The number of amides is 1. The Labute approximate surface area is 142 Å². The number of carbonyl (C=O) groups is 1. The molecule has 0 spiro atoms. The number of nitrogens with one attached hydrogen (secondary N) is 1. The van der Waals surface area contributed by atoms with Crippen molar-refractivity contribution in [3.8, 4) is 22.5 Å². The highest BCUT2D eigenvalue weighted by Gasteiger charge is 2.08. The minimum Gasteiger partial charge on any atom is -0.355 e. The molecule has 3 rings (SSSR count). The molecule has 0 unspecified atom stereocenters. The number of carbonyl (C=O) groups excluding carboxylic acids is 1. The van der Waals surface area contributed by atoms with Crippen LogP contribution < -0.4 is 5.32 Å². The second kappa shape index (κ2) is 7.13. The Kier molecular flexibility index (Phi) is 4.75. The maximum atomic E-state index is 11.0. The van der Waals surface area contributed by atoms with Crippen LogP contribution in [0.15, 0.2) is 60.9 Å². The Morgan fingerprint density at radius 3 is 2.71 bits per heavy atom. The number of hydrogen-bond acceptors (Lipinski definition) is 2. The number of benzene rings is 2. The second-order valence-corrected chi connectivity index (χ2v) is 5.82. The molecule has 24 heavy (non-hydrogen) atoms. The lowest BCUT2D eigenvalue weighted by atomic mass is 9.99. The maximum Gasteiger partial charge on any atom is 0.216 e. The van der Waals surface area contributed by atoms with Gasteiger partial charge >= 0.3 is 0 Å². The van der Waals surface area contributed by atoms with E-state index < -0.39 is 0 Å². The van der Waals surface area contributed by atoms with E-state index in [1.807, 2.05) is 6.20 Å². The Morgan fingerprint density at radius 2 is 1.92 bits per heavy atom. The first-order chi connectivity index (χ1) is 11.6. The van der Waals surface area contributed by atoms with Crippen molar-refractivity contribution < 1.29 is 4.79 Å². The van der Waals surface area contributed by atoms with Crippen LogP contribution in [0.1, 0.15) is 12.5 Å². The minimum absolute atomic E-state index is 0.0155. The zero-order valence-electron chi connectivity index (χ0n) is 14.0. The molecule has 4 heteroatoms. The zero-order valence-corrected chi connectivity index (χ0v) is 14.0. The van der Waals surface area contributed by atoms with Crippen LogP contribution in [-0.4, -0.2) is 22.0 Å². The van der Waals surface area contributed by atoms with Crippen molar-refractivity contribution in [1.29, 1.82) is 0 Å². The van der Waals surface area contributed by atoms with Crippen molar-refractivity contribution in [1.82, 2.24) is 14.9 Å². The third kappa shape index (κ3) is 3.54. The standard InChI is InChI=1S/C20H21N3O/c1-15-6-3-4-9-19(15)17-7-5-8-18(14-17)20-22-11-13-23(20)12-10-21-16(2)24/h3-9,11,13-14H,10,12H2,1-2H3,(H,21,24). The van der Waals surface area contributed by atoms with E-state index in [0.717, 1.165) is 11.4 Å². The van der Waals surface area contributed by atoms with E-state index in [0.29, 0.717) is 13.1 Å². The van der Waals surface area contributed by atoms with Crippen molar-refractivity contribution >= 4 is 5.91 Å². The normalized spacial score (nSPS) is 10.6. The summed E-state index contributed by atoms with van der Waals surface area (Å²) in [6, 6.07) is 16.8. The van der Waals surface area contributed by atoms with E-state index in [9.17, 15) is 4.79 Å². The van der Waals surface area contributed by atoms with Crippen molar-refractivity contribution in [3.05, 3.63) is 66.5 Å². The second-order valence-electron chi connectivity index (χ2n) is 5.82. The molecule has 1 amide bonds. The summed E-state index contributed by atoms with van der Waals surface area (Å²) in [5.74, 6) is 0.897. The number of rotatable bonds is 5. The van der Waals surface area contributed by atoms with E-state index in [-0.39, 0.29) is 5.91 Å². The molecule has 0 saturated heterocycles. The van der Waals surface area contributed by atoms with Gasteiger partial charge in [-0.3, -0.25) is 4.79 Å². The van der Waals surface area contributed by atoms with E-state index in [1.54, 1.807) is 6.20 Å². The fraction of sp³-hybridized carbons (Fsp3) is 0.200. The molecule has 1 N–H and O–H groups in total. The Balaban J connectivity index is 1.89. The molecule has 1 heterocycles. The van der Waals surface area contributed by atoms with Gasteiger partial charge in [-0.25, -0.2) is 4.98 Å². The minimum atomic E-state index is -0.0155. The van der Waals surface area contributed by atoms with E-state index in [2.05, 4.69) is 70.3 Å². The van der Waals surface area contributed by atoms with Crippen LogP contribution in [0.5, 0.6) is 0 Å². The first kappa shape index (κ1) is 16.0. The van der Waals surface area contributed by atoms with Gasteiger partial charge in [-0.1, -0.05) is 42.5 Å². The third-order valence-electron chi connectivity index (χ3n) is 4.02. The van der Waals surface area contributed by atoms with E-state index in [4.69, 9.17) is 0 Å². The van der Waals surface area contributed by atoms with Crippen LogP contribution in [-0.2, 0) is 11.3 Å². The van der Waals surface area contributed by atoms with Crippen molar-refractivity contribution in [2.75, 3.05) is 6.54 Å². The predicted octanol–water partition coefficient (Wildman–Crippen LogP) is 3.66. The van der Waals surface area contributed by atoms with Crippen LogP contribution in [0.2, 0.25) is 0 Å². The number of imidazole rings is 1. The van der Waals surface area contributed by atoms with Crippen molar-refractivity contribution in [2.45, 2.75) is 20.4 Å². The highest BCUT2D eigenvalue weighted by Crippen LogP contribution is 2.27. The highest BCUT2D eigenvalue weighted by molar-refractivity contribution is 5.73. The summed E-state index contributed by atoms with van der Waals surface area (Å²) in [5.41, 5.74) is 4.74. The Morgan fingerprint density at radius 1 is 1.12 bits per heavy atom. The van der Waals surface area contributed by atoms with Crippen molar-refractivity contribution in [2.24, 2.45) is 0 Å². The van der Waals surface area contributed by atoms with Gasteiger partial charge < -0.3 is 9.88 Å². The Bertz CT molecular complexity index is 851. The lowest BCUT2D eigenvalue weighted by Crippen LogP contribution is -2.24. The highest BCUT2D eigenvalue weighted by atomic mass is 16.1. The van der Waals surface area contributed by atoms with Crippen LogP contribution in [0.4, 0.5) is 0 Å². The summed E-state index contributed by atoms with van der Waals surface area (Å²) < 4.78 is 2.06. The SMILES string of the molecule is CC(=O)NCCn1ccnc1-c1cccc(-c2ccccc2C)c1. The summed E-state index contributed by atoms with van der Waals surface area (Å²) in [6.45, 7) is 4.94. The van der Waals surface area contributed by atoms with Crippen LogP contribution >= 0.6 is 0 Å². The molecule has 122 valence electrons. The van der Waals surface area contributed by atoms with Gasteiger partial charge in [-0.2, -0.15) is 0 Å². The molecule has 0 radical (unpaired) electrons. The molecule has 0 aliphatic carbocycles. The number of aromatic nitrogens is 2. The molecule has 0 saturated carbocycles. The molecule has 0 bridgehead atoms. The van der Waals surface area contributed by atoms with E-state index >= 15 is 0 Å². The fourth-order valence-corrected chi connectivity index (χ4v) is 2.82. The summed E-state index contributed by atoms with van der Waals surface area (Å²) in [6.07, 6.45) is 3.74. The molecule has 0 aliphatic heterocycles. The maximum absolute atomic E-state index is 11.0. The number of aryl methyl sites for hydroxylation is 1. The van der Waals surface area contributed by atoms with Gasteiger partial charge in [0.1, 0.15) is 5.82 Å². The van der Waals surface area contributed by atoms with Gasteiger partial charge in [0.05, 0.1) is 0 Å². The van der Waals surface area contributed by atoms with E-state index in [1.165, 1.54) is 23.6 Å². The fourth-order valence-electron chi connectivity index (χ4n) is 2.82. The van der Waals surface area contributed by atoms with Crippen molar-refractivity contribution in [3.63, 3.8) is 0 Å². The van der Waals surface area contributed by atoms with Crippen LogP contribution in [0, 0.1) is 6.92 Å². The molecular formula is C20H21N3O. The molecule has 3 aromatic rings. The van der Waals surface area contributed by atoms with Gasteiger partial charge in [0, 0.05) is 38.0 Å². The molecule has 0 atom stereocenters. The zero-order chi connectivity index (χ0) is 16.9. The molecule has 1 aromatic heterocycles. The molecule has 2 aromatic carbocycles. The predicted molar refractivity (Wildman–Crippen MR) is 96.5 cm³/mol. The molecular weight excluding hydrogens is 298 g/mol. The van der Waals surface area contributed by atoms with Gasteiger partial charge in [0.2, 0.25) is 5.91 Å². The lowest BCUT2D eigenvalue weighted by molar-refractivity contribution is -0.118. The van der Waals surface area contributed by atoms with Crippen LogP contribution in [0.3, 0.4) is 0 Å². The molecule has 0 fully saturated rings. The first-order valence-electron chi connectivity index (χ1n) is 8.07. The molecule has 4 nitrogen and oxygen atoms in total. The van der Waals surface area contributed by atoms with Gasteiger partial charge in [0.15, 0.2) is 0 Å². The quantitative estimate of drug-likeness (QED) is 0.780. The summed E-state index contributed by atoms with van der Waals surface area (Å²) >= 11 is 0. The summed E-state index contributed by atoms with van der Waals surface area (Å²) in [4.78, 5) is 15.5. The smallest absolute Gasteiger partial charge is 0.216 e. The number of nitrogens with zero attached hydrogens (tertiary/aromatic N) is 2. The molecule has 0 aliphatic rings. The monoisotopic (exact) mass is 319 g/mol. The number of hydrogen-bond donors (Lipinski definition) is 1. The van der Waals surface area contributed by atoms with Gasteiger partial charge in [-0.15, -0.1) is 0 Å². The van der Waals surface area contributed by atoms with Crippen LogP contribution in [0.25, 0.3) is 22.5 Å². The summed E-state index contributed by atoms with van der Waals surface area (Å²) in [5, 5.41) is 2.82. The summed E-state index contributed by atoms with van der Waals surface area (Å²) in [7, 11) is 0. The topological polar surface area (TPSA) is 46.9 Å². The first-order valence-corrected chi connectivity index (χ1v) is 8.07. The average Bonchev–Trinajstić information content (AvgIpc) is 3.03. The lowest BCUT2D eigenvalue weighted by Gasteiger charge is -2.11. The third-order valence-corrected chi connectivity index (χ3v) is 4.02. The average molecular weight is 319 g/mol. The Hall–Kier alpha value is -2.88. The van der Waals surface area contributed by atoms with Gasteiger partial charge in [0.25, 0.3) is 0 Å².